The largest absolute Gasteiger partial charge is 0.341 e. The lowest BCUT2D eigenvalue weighted by atomic mass is 10.2. The number of sulfone groups is 1. The number of nitrogens with one attached hydrogen (secondary N) is 1. The van der Waals surface area contributed by atoms with Crippen LogP contribution in [-0.2, 0) is 9.84 Å². The van der Waals surface area contributed by atoms with E-state index in [1.165, 1.54) is 0 Å². The maximum Gasteiger partial charge on any atom is 0.160 e. The maximum atomic E-state index is 12.1. The van der Waals surface area contributed by atoms with Crippen LogP contribution in [0.15, 0.2) is 16.6 Å². The van der Waals surface area contributed by atoms with Crippen molar-refractivity contribution in [3.8, 4) is 0 Å². The van der Waals surface area contributed by atoms with Crippen LogP contribution in [0.1, 0.15) is 35.9 Å². The van der Waals surface area contributed by atoms with Crippen molar-refractivity contribution in [2.75, 3.05) is 5.75 Å². The first kappa shape index (κ1) is 13.1. The van der Waals surface area contributed by atoms with Crippen LogP contribution < -0.4 is 0 Å². The summed E-state index contributed by atoms with van der Waals surface area (Å²) < 4.78 is 25.3. The SMILES string of the molecule is Cc1cc(Br)cc2[nH]c(C3CCCCS3(=O)=O)nc12. The van der Waals surface area contributed by atoms with Crippen LogP contribution in [0.2, 0.25) is 0 Å². The van der Waals surface area contributed by atoms with E-state index in [9.17, 15) is 8.42 Å². The Kier molecular flexibility index (Phi) is 3.17. The van der Waals surface area contributed by atoms with E-state index in [0.717, 1.165) is 33.9 Å². The molecule has 2 heterocycles. The van der Waals surface area contributed by atoms with E-state index in [-0.39, 0.29) is 5.75 Å². The van der Waals surface area contributed by atoms with Crippen molar-refractivity contribution < 1.29 is 8.42 Å². The molecule has 0 amide bonds. The number of aromatic nitrogens is 2. The number of halogens is 1. The van der Waals surface area contributed by atoms with E-state index < -0.39 is 15.1 Å². The van der Waals surface area contributed by atoms with E-state index in [4.69, 9.17) is 0 Å². The highest BCUT2D eigenvalue weighted by atomic mass is 79.9. The van der Waals surface area contributed by atoms with Gasteiger partial charge in [-0.1, -0.05) is 22.4 Å². The van der Waals surface area contributed by atoms with Gasteiger partial charge in [0.2, 0.25) is 0 Å². The number of benzene rings is 1. The Morgan fingerprint density at radius 3 is 2.89 bits per heavy atom. The van der Waals surface area contributed by atoms with Crippen molar-refractivity contribution in [3.63, 3.8) is 0 Å². The lowest BCUT2D eigenvalue weighted by molar-refractivity contribution is 0.540. The number of hydrogen-bond acceptors (Lipinski definition) is 3. The van der Waals surface area contributed by atoms with Gasteiger partial charge in [0.05, 0.1) is 16.8 Å². The van der Waals surface area contributed by atoms with Gasteiger partial charge in [0.25, 0.3) is 0 Å². The van der Waals surface area contributed by atoms with Gasteiger partial charge >= 0.3 is 0 Å². The number of imidazole rings is 1. The van der Waals surface area contributed by atoms with Gasteiger partial charge in [-0.2, -0.15) is 0 Å². The van der Waals surface area contributed by atoms with E-state index in [2.05, 4.69) is 25.9 Å². The molecule has 0 radical (unpaired) electrons. The summed E-state index contributed by atoms with van der Waals surface area (Å²) in [6.07, 6.45) is 2.38. The second-order valence-electron chi connectivity index (χ2n) is 5.09. The van der Waals surface area contributed by atoms with Crippen LogP contribution in [0.5, 0.6) is 0 Å². The molecule has 3 rings (SSSR count). The third-order valence-corrected chi connectivity index (χ3v) is 6.29. The molecule has 1 fully saturated rings. The monoisotopic (exact) mass is 342 g/mol. The average molecular weight is 343 g/mol. The first-order valence-electron chi connectivity index (χ1n) is 6.35. The molecule has 1 N–H and O–H groups in total. The Morgan fingerprint density at radius 1 is 1.37 bits per heavy atom. The molecule has 1 unspecified atom stereocenters. The minimum atomic E-state index is -3.05. The molecule has 19 heavy (non-hydrogen) atoms. The van der Waals surface area contributed by atoms with Gasteiger partial charge in [0.1, 0.15) is 11.1 Å². The minimum absolute atomic E-state index is 0.275. The van der Waals surface area contributed by atoms with Crippen molar-refractivity contribution in [2.24, 2.45) is 0 Å². The van der Waals surface area contributed by atoms with Crippen LogP contribution in [0.25, 0.3) is 11.0 Å². The summed E-state index contributed by atoms with van der Waals surface area (Å²) in [6, 6.07) is 3.93. The molecule has 0 spiro atoms. The topological polar surface area (TPSA) is 62.8 Å². The molecule has 0 aliphatic carbocycles. The van der Waals surface area contributed by atoms with Gasteiger partial charge < -0.3 is 4.98 Å². The Labute approximate surface area is 120 Å². The zero-order chi connectivity index (χ0) is 13.6. The van der Waals surface area contributed by atoms with Crippen LogP contribution in [-0.4, -0.2) is 24.1 Å². The molecule has 6 heteroatoms. The smallest absolute Gasteiger partial charge is 0.160 e. The highest BCUT2D eigenvalue weighted by Gasteiger charge is 2.32. The van der Waals surface area contributed by atoms with Crippen molar-refractivity contribution >= 4 is 36.8 Å². The Bertz CT molecular complexity index is 736. The first-order chi connectivity index (χ1) is 8.97. The molecule has 1 aliphatic rings. The van der Waals surface area contributed by atoms with Gasteiger partial charge in [-0.15, -0.1) is 0 Å². The van der Waals surface area contributed by atoms with Gasteiger partial charge in [0.15, 0.2) is 9.84 Å². The van der Waals surface area contributed by atoms with Crippen molar-refractivity contribution in [1.82, 2.24) is 9.97 Å². The van der Waals surface area contributed by atoms with E-state index >= 15 is 0 Å². The number of rotatable bonds is 1. The molecule has 0 saturated carbocycles. The predicted molar refractivity (Wildman–Crippen MR) is 78.9 cm³/mol. The van der Waals surface area contributed by atoms with Gasteiger partial charge in [0, 0.05) is 4.47 Å². The molecule has 1 atom stereocenters. The summed E-state index contributed by atoms with van der Waals surface area (Å²) in [5, 5.41) is -0.466. The van der Waals surface area contributed by atoms with Gasteiger partial charge in [-0.3, -0.25) is 0 Å². The second-order valence-corrected chi connectivity index (χ2v) is 8.31. The normalized spacial score (nSPS) is 22.7. The summed E-state index contributed by atoms with van der Waals surface area (Å²) in [5.74, 6) is 0.869. The fourth-order valence-electron chi connectivity index (χ4n) is 2.68. The lowest BCUT2D eigenvalue weighted by Gasteiger charge is -2.20. The van der Waals surface area contributed by atoms with Crippen LogP contribution in [0.3, 0.4) is 0 Å². The molecule has 2 aromatic rings. The molecular formula is C13H15BrN2O2S. The third kappa shape index (κ3) is 2.31. The Hall–Kier alpha value is -0.880. The zero-order valence-electron chi connectivity index (χ0n) is 10.6. The van der Waals surface area contributed by atoms with Crippen LogP contribution in [0.4, 0.5) is 0 Å². The summed E-state index contributed by atoms with van der Waals surface area (Å²) in [7, 11) is -3.05. The molecule has 0 bridgehead atoms. The van der Waals surface area contributed by atoms with Crippen LogP contribution in [0, 0.1) is 6.92 Å². The van der Waals surface area contributed by atoms with E-state index in [0.29, 0.717) is 12.2 Å². The minimum Gasteiger partial charge on any atom is -0.341 e. The molecule has 102 valence electrons. The number of aryl methyl sites for hydroxylation is 1. The summed E-state index contributed by atoms with van der Waals surface area (Å²) in [6.45, 7) is 1.98. The van der Waals surface area contributed by atoms with Crippen molar-refractivity contribution in [3.05, 3.63) is 28.0 Å². The molecule has 1 aliphatic heterocycles. The molecule has 1 saturated heterocycles. The van der Waals surface area contributed by atoms with Gasteiger partial charge in [-0.25, -0.2) is 13.4 Å². The third-order valence-electron chi connectivity index (χ3n) is 3.64. The summed E-state index contributed by atoms with van der Waals surface area (Å²) >= 11 is 3.44. The number of nitrogens with zero attached hydrogens (tertiary/aromatic N) is 1. The standard InChI is InChI=1S/C13H15BrN2O2S/c1-8-6-9(14)7-10-12(8)16-13(15-10)11-4-2-3-5-19(11,17)18/h6-7,11H,2-5H2,1H3,(H,15,16). The quantitative estimate of drug-likeness (QED) is 0.864. The number of fused-ring (bicyclic) bond motifs is 1. The van der Waals surface area contributed by atoms with E-state index in [1.54, 1.807) is 0 Å². The van der Waals surface area contributed by atoms with E-state index in [1.807, 2.05) is 19.1 Å². The number of H-pyrrole nitrogens is 1. The Balaban J connectivity index is 2.13. The maximum absolute atomic E-state index is 12.1. The number of hydrogen-bond donors (Lipinski definition) is 1. The first-order valence-corrected chi connectivity index (χ1v) is 8.85. The van der Waals surface area contributed by atoms with Crippen molar-refractivity contribution in [2.45, 2.75) is 31.4 Å². The van der Waals surface area contributed by atoms with Gasteiger partial charge in [-0.05, 0) is 37.5 Å². The predicted octanol–water partition coefficient (Wildman–Crippen LogP) is 3.27. The van der Waals surface area contributed by atoms with Crippen molar-refractivity contribution in [1.29, 1.82) is 0 Å². The fraction of sp³-hybridized carbons (Fsp3) is 0.462. The van der Waals surface area contributed by atoms with Crippen LogP contribution >= 0.6 is 15.9 Å². The fourth-order valence-corrected chi connectivity index (χ4v) is 5.12. The average Bonchev–Trinajstić information content (AvgIpc) is 2.72. The zero-order valence-corrected chi connectivity index (χ0v) is 13.0. The summed E-state index contributed by atoms with van der Waals surface area (Å²) in [4.78, 5) is 7.70. The second kappa shape index (κ2) is 4.59. The number of aromatic amines is 1. The highest BCUT2D eigenvalue weighted by Crippen LogP contribution is 2.33. The lowest BCUT2D eigenvalue weighted by Crippen LogP contribution is -2.22. The highest BCUT2D eigenvalue weighted by molar-refractivity contribution is 9.10. The Morgan fingerprint density at radius 2 is 2.16 bits per heavy atom. The molecule has 4 nitrogen and oxygen atoms in total. The molecule has 1 aromatic heterocycles. The molecular weight excluding hydrogens is 328 g/mol. The summed E-state index contributed by atoms with van der Waals surface area (Å²) in [5.41, 5.74) is 2.79. The molecule has 1 aromatic carbocycles.